The molecule has 2 aromatic carbocycles. The van der Waals surface area contributed by atoms with Gasteiger partial charge in [-0.25, -0.2) is 0 Å². The molecule has 0 amide bonds. The first-order valence-electron chi connectivity index (χ1n) is 14.5. The van der Waals surface area contributed by atoms with E-state index in [9.17, 15) is 0 Å². The fourth-order valence-corrected chi connectivity index (χ4v) is 6.74. The Balaban J connectivity index is 1.16. The third kappa shape index (κ3) is 7.92. The second-order valence-electron chi connectivity index (χ2n) is 11.5. The van der Waals surface area contributed by atoms with Crippen LogP contribution < -0.4 is 16.2 Å². The highest BCUT2D eigenvalue weighted by Gasteiger charge is 2.31. The number of nitrogens with two attached hydrogens (primary N) is 2. The summed E-state index contributed by atoms with van der Waals surface area (Å²) < 4.78 is 5.98. The van der Waals surface area contributed by atoms with Crippen molar-refractivity contribution in [3.8, 4) is 5.75 Å². The highest BCUT2D eigenvalue weighted by Crippen LogP contribution is 2.44. The van der Waals surface area contributed by atoms with Gasteiger partial charge in [-0.3, -0.25) is 0 Å². The van der Waals surface area contributed by atoms with E-state index in [2.05, 4.69) is 31.2 Å². The topological polar surface area (TPSA) is 61.3 Å². The molecule has 192 valence electrons. The number of hydrogen-bond donors (Lipinski definition) is 2. The maximum atomic E-state index is 5.98. The van der Waals surface area contributed by atoms with Crippen molar-refractivity contribution in [3.05, 3.63) is 53.6 Å². The molecule has 0 bridgehead atoms. The quantitative estimate of drug-likeness (QED) is 0.251. The van der Waals surface area contributed by atoms with E-state index in [0.29, 0.717) is 23.9 Å². The second kappa shape index (κ2) is 13.2. The van der Waals surface area contributed by atoms with Crippen molar-refractivity contribution in [1.82, 2.24) is 0 Å². The van der Waals surface area contributed by atoms with Gasteiger partial charge >= 0.3 is 0 Å². The molecule has 2 saturated carbocycles. The Bertz CT molecular complexity index is 857. The monoisotopic (exact) mass is 476 g/mol. The summed E-state index contributed by atoms with van der Waals surface area (Å²) in [5, 5.41) is 0. The Labute approximate surface area is 214 Å². The average Bonchev–Trinajstić information content (AvgIpc) is 2.88. The summed E-state index contributed by atoms with van der Waals surface area (Å²) in [6, 6.07) is 14.4. The second-order valence-corrected chi connectivity index (χ2v) is 11.5. The van der Waals surface area contributed by atoms with Crippen molar-refractivity contribution in [2.24, 2.45) is 17.8 Å². The molecule has 2 aliphatic rings. The minimum atomic E-state index is 0.487. The van der Waals surface area contributed by atoms with Gasteiger partial charge in [0.2, 0.25) is 0 Å². The Morgan fingerprint density at radius 1 is 0.714 bits per heavy atom. The smallest absolute Gasteiger partial charge is 0.119 e. The van der Waals surface area contributed by atoms with Gasteiger partial charge in [-0.1, -0.05) is 70.4 Å². The molecule has 3 nitrogen and oxygen atoms in total. The normalized spacial score (nSPS) is 24.8. The largest absolute Gasteiger partial charge is 0.489 e. The Kier molecular flexibility index (Phi) is 9.80. The van der Waals surface area contributed by atoms with Crippen molar-refractivity contribution in [2.75, 3.05) is 11.5 Å². The van der Waals surface area contributed by atoms with Gasteiger partial charge in [0.25, 0.3) is 0 Å². The minimum Gasteiger partial charge on any atom is -0.489 e. The van der Waals surface area contributed by atoms with E-state index in [1.165, 1.54) is 95.5 Å². The predicted molar refractivity (Wildman–Crippen MR) is 150 cm³/mol. The summed E-state index contributed by atoms with van der Waals surface area (Å²) in [5.74, 6) is 4.63. The molecule has 3 heteroatoms. The van der Waals surface area contributed by atoms with Gasteiger partial charge in [-0.05, 0) is 104 Å². The van der Waals surface area contributed by atoms with Crippen LogP contribution in [0, 0.1) is 17.8 Å². The Morgan fingerprint density at radius 2 is 1.31 bits per heavy atom. The van der Waals surface area contributed by atoms with Crippen LogP contribution >= 0.6 is 0 Å². The molecule has 0 heterocycles. The van der Waals surface area contributed by atoms with Crippen LogP contribution in [-0.2, 0) is 6.61 Å². The third-order valence-electron chi connectivity index (χ3n) is 8.84. The first kappa shape index (κ1) is 25.9. The Hall–Kier alpha value is -2.16. The van der Waals surface area contributed by atoms with Crippen LogP contribution in [0.15, 0.2) is 42.5 Å². The first-order chi connectivity index (χ1) is 17.1. The van der Waals surface area contributed by atoms with Gasteiger partial charge in [0.05, 0.1) is 0 Å². The van der Waals surface area contributed by atoms with E-state index in [1.54, 1.807) is 6.07 Å². The molecule has 4 rings (SSSR count). The Morgan fingerprint density at radius 3 is 1.94 bits per heavy atom. The number of benzene rings is 2. The maximum absolute atomic E-state index is 5.98. The molecule has 0 aromatic heterocycles. The van der Waals surface area contributed by atoms with E-state index in [0.717, 1.165) is 29.1 Å². The van der Waals surface area contributed by atoms with Gasteiger partial charge < -0.3 is 16.2 Å². The number of unbranched alkanes of at least 4 members (excludes halogenated alkanes) is 4. The summed E-state index contributed by atoms with van der Waals surface area (Å²) >= 11 is 0. The summed E-state index contributed by atoms with van der Waals surface area (Å²) in [4.78, 5) is 0. The van der Waals surface area contributed by atoms with Crippen molar-refractivity contribution >= 4 is 11.4 Å². The summed E-state index contributed by atoms with van der Waals surface area (Å²) in [5.41, 5.74) is 15.6. The van der Waals surface area contributed by atoms with Crippen molar-refractivity contribution in [3.63, 3.8) is 0 Å². The van der Waals surface area contributed by atoms with E-state index >= 15 is 0 Å². The zero-order chi connectivity index (χ0) is 24.5. The van der Waals surface area contributed by atoms with Crippen molar-refractivity contribution in [1.29, 1.82) is 0 Å². The minimum absolute atomic E-state index is 0.487. The summed E-state index contributed by atoms with van der Waals surface area (Å²) in [6.45, 7) is 2.79. The average molecular weight is 477 g/mol. The zero-order valence-corrected chi connectivity index (χ0v) is 22.0. The fourth-order valence-electron chi connectivity index (χ4n) is 6.74. The van der Waals surface area contributed by atoms with Crippen molar-refractivity contribution in [2.45, 2.75) is 109 Å². The number of nitrogen functional groups attached to an aromatic ring is 2. The molecule has 0 atom stereocenters. The van der Waals surface area contributed by atoms with Crippen LogP contribution in [0.25, 0.3) is 0 Å². The van der Waals surface area contributed by atoms with E-state index in [4.69, 9.17) is 16.2 Å². The molecule has 0 radical (unpaired) electrons. The standard InChI is InChI=1S/C32H48N2O/c1-2-3-4-5-6-7-24-8-10-26(11-9-24)27-12-14-28(15-13-27)29-16-18-32(19-17-29)35-23-25-20-30(33)22-31(34)21-25/h16-22,24,26-28H,2-15,23,33-34H2,1H3. The molecule has 0 spiro atoms. The number of rotatable bonds is 11. The van der Waals surface area contributed by atoms with Crippen LogP contribution in [0.2, 0.25) is 0 Å². The highest BCUT2D eigenvalue weighted by atomic mass is 16.5. The lowest BCUT2D eigenvalue weighted by Crippen LogP contribution is -2.25. The molecule has 2 aromatic rings. The predicted octanol–water partition coefficient (Wildman–Crippen LogP) is 8.87. The van der Waals surface area contributed by atoms with E-state index in [1.807, 2.05) is 12.1 Å². The number of anilines is 2. The van der Waals surface area contributed by atoms with Gasteiger partial charge in [0.15, 0.2) is 0 Å². The van der Waals surface area contributed by atoms with E-state index < -0.39 is 0 Å². The third-order valence-corrected chi connectivity index (χ3v) is 8.84. The molecule has 0 saturated heterocycles. The van der Waals surface area contributed by atoms with Crippen LogP contribution in [0.4, 0.5) is 11.4 Å². The molecule has 0 aliphatic heterocycles. The molecule has 2 aliphatic carbocycles. The lowest BCUT2D eigenvalue weighted by atomic mass is 9.68. The fraction of sp³-hybridized carbons (Fsp3) is 0.625. The van der Waals surface area contributed by atoms with Gasteiger partial charge in [0, 0.05) is 11.4 Å². The number of hydrogen-bond acceptors (Lipinski definition) is 3. The van der Waals surface area contributed by atoms with Crippen molar-refractivity contribution < 1.29 is 4.74 Å². The van der Waals surface area contributed by atoms with Gasteiger partial charge in [-0.15, -0.1) is 0 Å². The van der Waals surface area contributed by atoms with Crippen LogP contribution in [0.3, 0.4) is 0 Å². The van der Waals surface area contributed by atoms with E-state index in [-0.39, 0.29) is 0 Å². The molecular formula is C32H48N2O. The lowest BCUT2D eigenvalue weighted by molar-refractivity contribution is 0.155. The summed E-state index contributed by atoms with van der Waals surface area (Å²) in [7, 11) is 0. The van der Waals surface area contributed by atoms with Gasteiger partial charge in [-0.2, -0.15) is 0 Å². The molecular weight excluding hydrogens is 428 g/mol. The van der Waals surface area contributed by atoms with Crippen LogP contribution in [-0.4, -0.2) is 0 Å². The molecule has 0 unspecified atom stereocenters. The van der Waals surface area contributed by atoms with Gasteiger partial charge in [0.1, 0.15) is 12.4 Å². The first-order valence-corrected chi connectivity index (χ1v) is 14.5. The highest BCUT2D eigenvalue weighted by molar-refractivity contribution is 5.54. The summed E-state index contributed by atoms with van der Waals surface area (Å²) in [6.07, 6.45) is 20.2. The SMILES string of the molecule is CCCCCCCC1CCC(C2CCC(c3ccc(OCc4cc(N)cc(N)c4)cc3)CC2)CC1. The molecule has 35 heavy (non-hydrogen) atoms. The number of ether oxygens (including phenoxy) is 1. The van der Waals surface area contributed by atoms with Crippen LogP contribution in [0.5, 0.6) is 5.75 Å². The lowest BCUT2D eigenvalue weighted by Gasteiger charge is -2.38. The molecule has 2 fully saturated rings. The molecule has 4 N–H and O–H groups in total. The van der Waals surface area contributed by atoms with Crippen LogP contribution in [0.1, 0.15) is 114 Å². The maximum Gasteiger partial charge on any atom is 0.119 e. The zero-order valence-electron chi connectivity index (χ0n) is 22.0.